The Balaban J connectivity index is 1.70. The van der Waals surface area contributed by atoms with E-state index in [1.807, 2.05) is 41.3 Å². The highest BCUT2D eigenvalue weighted by atomic mass is 16.5. The van der Waals surface area contributed by atoms with Crippen molar-refractivity contribution >= 4 is 11.7 Å². The van der Waals surface area contributed by atoms with Crippen LogP contribution in [0.4, 0.5) is 5.82 Å². The summed E-state index contributed by atoms with van der Waals surface area (Å²) >= 11 is 0. The van der Waals surface area contributed by atoms with Gasteiger partial charge in [0.2, 0.25) is 5.91 Å². The summed E-state index contributed by atoms with van der Waals surface area (Å²) in [4.78, 5) is 23.7. The van der Waals surface area contributed by atoms with Gasteiger partial charge >= 0.3 is 0 Å². The summed E-state index contributed by atoms with van der Waals surface area (Å²) in [6.45, 7) is 5.68. The number of morpholine rings is 1. The van der Waals surface area contributed by atoms with Gasteiger partial charge in [0.1, 0.15) is 11.9 Å². The van der Waals surface area contributed by atoms with E-state index in [9.17, 15) is 4.79 Å². The molecule has 1 aromatic carbocycles. The Kier molecular flexibility index (Phi) is 6.17. The second kappa shape index (κ2) is 8.76. The molecule has 1 fully saturated rings. The number of carbonyl (C=O) groups excluding carboxylic acids is 1. The minimum atomic E-state index is -0.235. The van der Waals surface area contributed by atoms with Crippen LogP contribution in [0.25, 0.3) is 0 Å². The van der Waals surface area contributed by atoms with Gasteiger partial charge in [0.05, 0.1) is 13.2 Å². The number of carbonyl (C=O) groups is 1. The van der Waals surface area contributed by atoms with Crippen LogP contribution < -0.4 is 5.32 Å². The molecule has 26 heavy (non-hydrogen) atoms. The highest BCUT2D eigenvalue weighted by molar-refractivity contribution is 5.77. The highest BCUT2D eigenvalue weighted by Crippen LogP contribution is 2.23. The number of nitrogens with one attached hydrogen (secondary N) is 1. The third kappa shape index (κ3) is 4.79. The number of aromatic nitrogens is 2. The van der Waals surface area contributed by atoms with Crippen molar-refractivity contribution in [2.24, 2.45) is 0 Å². The molecule has 1 unspecified atom stereocenters. The van der Waals surface area contributed by atoms with Crippen molar-refractivity contribution in [1.82, 2.24) is 14.9 Å². The zero-order valence-corrected chi connectivity index (χ0v) is 15.4. The van der Waals surface area contributed by atoms with Crippen molar-refractivity contribution in [3.05, 3.63) is 54.0 Å². The molecule has 0 radical (unpaired) electrons. The Bertz CT molecular complexity index is 721. The first-order valence-electron chi connectivity index (χ1n) is 9.14. The predicted octanol–water partition coefficient (Wildman–Crippen LogP) is 2.83. The van der Waals surface area contributed by atoms with E-state index < -0.39 is 0 Å². The smallest absolute Gasteiger partial charge is 0.223 e. The SMILES string of the molecule is CC(C)Nc1ccnc(C2COCCN2C(=O)CCc2ccccc2)n1. The molecule has 3 rings (SSSR count). The Morgan fingerprint density at radius 2 is 2.12 bits per heavy atom. The monoisotopic (exact) mass is 354 g/mol. The molecule has 2 aromatic rings. The van der Waals surface area contributed by atoms with Crippen LogP contribution >= 0.6 is 0 Å². The maximum Gasteiger partial charge on any atom is 0.223 e. The van der Waals surface area contributed by atoms with Crippen LogP contribution in [-0.2, 0) is 16.0 Å². The second-order valence-electron chi connectivity index (χ2n) is 6.76. The van der Waals surface area contributed by atoms with Gasteiger partial charge in [-0.1, -0.05) is 30.3 Å². The third-order valence-corrected chi connectivity index (χ3v) is 4.33. The zero-order valence-electron chi connectivity index (χ0n) is 15.4. The highest BCUT2D eigenvalue weighted by Gasteiger charge is 2.30. The number of amides is 1. The first kappa shape index (κ1) is 18.3. The lowest BCUT2D eigenvalue weighted by Crippen LogP contribution is -2.44. The molecule has 6 nitrogen and oxygen atoms in total. The fourth-order valence-corrected chi connectivity index (χ4v) is 3.07. The van der Waals surface area contributed by atoms with Crippen LogP contribution in [0.15, 0.2) is 42.6 Å². The van der Waals surface area contributed by atoms with Gasteiger partial charge in [-0.3, -0.25) is 4.79 Å². The average Bonchev–Trinajstić information content (AvgIpc) is 2.66. The van der Waals surface area contributed by atoms with Crippen molar-refractivity contribution in [2.45, 2.75) is 38.8 Å². The molecule has 0 bridgehead atoms. The summed E-state index contributed by atoms with van der Waals surface area (Å²) < 4.78 is 5.61. The van der Waals surface area contributed by atoms with Gasteiger partial charge < -0.3 is 15.0 Å². The molecule has 0 spiro atoms. The van der Waals surface area contributed by atoms with Gasteiger partial charge in [-0.2, -0.15) is 0 Å². The van der Waals surface area contributed by atoms with Crippen LogP contribution in [-0.4, -0.2) is 46.6 Å². The Hall–Kier alpha value is -2.47. The molecule has 0 saturated carbocycles. The first-order chi connectivity index (χ1) is 12.6. The van der Waals surface area contributed by atoms with Crippen molar-refractivity contribution < 1.29 is 9.53 Å². The molecule has 1 aliphatic heterocycles. The van der Waals surface area contributed by atoms with Crippen LogP contribution in [0.1, 0.15) is 37.7 Å². The summed E-state index contributed by atoms with van der Waals surface area (Å²) in [7, 11) is 0. The van der Waals surface area contributed by atoms with E-state index in [1.54, 1.807) is 6.20 Å². The van der Waals surface area contributed by atoms with Crippen LogP contribution in [0, 0.1) is 0 Å². The Labute approximate surface area is 154 Å². The average molecular weight is 354 g/mol. The second-order valence-corrected chi connectivity index (χ2v) is 6.76. The molecule has 1 aliphatic rings. The van der Waals surface area contributed by atoms with Crippen molar-refractivity contribution in [3.63, 3.8) is 0 Å². The van der Waals surface area contributed by atoms with E-state index >= 15 is 0 Å². The fraction of sp³-hybridized carbons (Fsp3) is 0.450. The zero-order chi connectivity index (χ0) is 18.4. The standard InChI is InChI=1S/C20H26N4O2/c1-15(2)22-18-10-11-21-20(23-18)17-14-26-13-12-24(17)19(25)9-8-16-6-4-3-5-7-16/h3-7,10-11,15,17H,8-9,12-14H2,1-2H3,(H,21,22,23). The number of hydrogen-bond acceptors (Lipinski definition) is 5. The van der Waals surface area contributed by atoms with Crippen molar-refractivity contribution in [3.8, 4) is 0 Å². The van der Waals surface area contributed by atoms with E-state index in [-0.39, 0.29) is 18.0 Å². The number of ether oxygens (including phenoxy) is 1. The number of anilines is 1. The van der Waals surface area contributed by atoms with Gasteiger partial charge in [-0.15, -0.1) is 0 Å². The van der Waals surface area contributed by atoms with Gasteiger partial charge in [0.25, 0.3) is 0 Å². The minimum absolute atomic E-state index is 0.118. The molecular weight excluding hydrogens is 328 g/mol. The van der Waals surface area contributed by atoms with Gasteiger partial charge in [-0.05, 0) is 31.9 Å². The predicted molar refractivity (Wildman–Crippen MR) is 101 cm³/mol. The Morgan fingerprint density at radius 1 is 1.31 bits per heavy atom. The van der Waals surface area contributed by atoms with Gasteiger partial charge in [-0.25, -0.2) is 9.97 Å². The number of benzene rings is 1. The van der Waals surface area contributed by atoms with Gasteiger partial charge in [0.15, 0.2) is 5.82 Å². The van der Waals surface area contributed by atoms with E-state index in [0.29, 0.717) is 32.0 Å². The maximum atomic E-state index is 12.8. The van der Waals surface area contributed by atoms with E-state index in [4.69, 9.17) is 4.74 Å². The lowest BCUT2D eigenvalue weighted by atomic mass is 10.1. The molecular formula is C20H26N4O2. The van der Waals surface area contributed by atoms with Crippen molar-refractivity contribution in [2.75, 3.05) is 25.1 Å². The lowest BCUT2D eigenvalue weighted by molar-refractivity contribution is -0.140. The summed E-state index contributed by atoms with van der Waals surface area (Å²) in [6, 6.07) is 12.0. The summed E-state index contributed by atoms with van der Waals surface area (Å²) in [5, 5.41) is 3.28. The number of rotatable bonds is 6. The molecule has 1 amide bonds. The topological polar surface area (TPSA) is 67.4 Å². The molecule has 0 aliphatic carbocycles. The molecule has 1 atom stereocenters. The Morgan fingerprint density at radius 3 is 2.88 bits per heavy atom. The molecule has 138 valence electrons. The van der Waals surface area contributed by atoms with Crippen LogP contribution in [0.2, 0.25) is 0 Å². The minimum Gasteiger partial charge on any atom is -0.377 e. The number of hydrogen-bond donors (Lipinski definition) is 1. The largest absolute Gasteiger partial charge is 0.377 e. The first-order valence-corrected chi connectivity index (χ1v) is 9.14. The summed E-state index contributed by atoms with van der Waals surface area (Å²) in [6.07, 6.45) is 2.94. The normalized spacial score (nSPS) is 17.3. The summed E-state index contributed by atoms with van der Waals surface area (Å²) in [5.41, 5.74) is 1.17. The fourth-order valence-electron chi connectivity index (χ4n) is 3.07. The third-order valence-electron chi connectivity index (χ3n) is 4.33. The van der Waals surface area contributed by atoms with E-state index in [2.05, 4.69) is 29.1 Å². The van der Waals surface area contributed by atoms with E-state index in [1.165, 1.54) is 5.56 Å². The quantitative estimate of drug-likeness (QED) is 0.864. The molecule has 6 heteroatoms. The van der Waals surface area contributed by atoms with Gasteiger partial charge in [0, 0.05) is 25.2 Å². The van der Waals surface area contributed by atoms with Crippen LogP contribution in [0.5, 0.6) is 0 Å². The maximum absolute atomic E-state index is 12.8. The van der Waals surface area contributed by atoms with Crippen molar-refractivity contribution in [1.29, 1.82) is 0 Å². The van der Waals surface area contributed by atoms with Crippen LogP contribution in [0.3, 0.4) is 0 Å². The molecule has 1 saturated heterocycles. The van der Waals surface area contributed by atoms with E-state index in [0.717, 1.165) is 12.2 Å². The summed E-state index contributed by atoms with van der Waals surface area (Å²) in [5.74, 6) is 1.52. The lowest BCUT2D eigenvalue weighted by Gasteiger charge is -2.34. The molecule has 1 aromatic heterocycles. The number of aryl methyl sites for hydroxylation is 1. The molecule has 2 heterocycles. The molecule has 1 N–H and O–H groups in total. The number of nitrogens with zero attached hydrogens (tertiary/aromatic N) is 3.